The number of rotatable bonds is 1. The molecule has 0 aliphatic carbocycles. The minimum Gasteiger partial charge on any atom is -0.465 e. The third-order valence-electron chi connectivity index (χ3n) is 4.15. The Kier molecular flexibility index (Phi) is 2.83. The number of ether oxygens (including phenoxy) is 1. The summed E-state index contributed by atoms with van der Waals surface area (Å²) >= 11 is 0. The standard InChI is InChI=1S/C20H14O2/c1-22-20(21)16-10-11-18-15(12-16)9-8-14-7-6-13-4-2-3-5-17(13)19(14)18/h2-12H,1H3. The number of carbonyl (C=O) groups excluding carboxylic acids is 1. The third kappa shape index (κ3) is 1.85. The van der Waals surface area contributed by atoms with E-state index < -0.39 is 0 Å². The van der Waals surface area contributed by atoms with E-state index in [2.05, 4.69) is 48.5 Å². The van der Waals surface area contributed by atoms with Crippen molar-refractivity contribution in [2.24, 2.45) is 0 Å². The fourth-order valence-corrected chi connectivity index (χ4v) is 3.08. The van der Waals surface area contributed by atoms with Gasteiger partial charge in [-0.05, 0) is 44.5 Å². The maximum Gasteiger partial charge on any atom is 0.337 e. The van der Waals surface area contributed by atoms with Crippen LogP contribution in [0.25, 0.3) is 32.3 Å². The highest BCUT2D eigenvalue weighted by Crippen LogP contribution is 2.32. The number of methoxy groups -OCH3 is 1. The average Bonchev–Trinajstić information content (AvgIpc) is 2.59. The minimum absolute atomic E-state index is 0.306. The van der Waals surface area contributed by atoms with E-state index in [1.165, 1.54) is 28.7 Å². The van der Waals surface area contributed by atoms with Gasteiger partial charge in [0, 0.05) is 0 Å². The fraction of sp³-hybridized carbons (Fsp3) is 0.0500. The average molecular weight is 286 g/mol. The molecular weight excluding hydrogens is 272 g/mol. The zero-order valence-electron chi connectivity index (χ0n) is 12.2. The Labute approximate surface area is 127 Å². The first-order chi connectivity index (χ1) is 10.8. The summed E-state index contributed by atoms with van der Waals surface area (Å²) in [6.07, 6.45) is 0. The van der Waals surface area contributed by atoms with Crippen LogP contribution in [0, 0.1) is 0 Å². The van der Waals surface area contributed by atoms with Crippen molar-refractivity contribution in [1.29, 1.82) is 0 Å². The fourth-order valence-electron chi connectivity index (χ4n) is 3.08. The molecule has 0 aliphatic heterocycles. The van der Waals surface area contributed by atoms with Gasteiger partial charge in [0.25, 0.3) is 0 Å². The molecule has 0 unspecified atom stereocenters. The largest absolute Gasteiger partial charge is 0.465 e. The van der Waals surface area contributed by atoms with Gasteiger partial charge in [-0.3, -0.25) is 0 Å². The summed E-state index contributed by atoms with van der Waals surface area (Å²) in [5.41, 5.74) is 0.578. The van der Waals surface area contributed by atoms with E-state index in [9.17, 15) is 4.79 Å². The van der Waals surface area contributed by atoms with Gasteiger partial charge < -0.3 is 4.74 Å². The zero-order chi connectivity index (χ0) is 15.1. The first kappa shape index (κ1) is 12.8. The molecule has 0 amide bonds. The predicted octanol–water partition coefficient (Wildman–Crippen LogP) is 4.93. The highest BCUT2D eigenvalue weighted by molar-refractivity contribution is 6.20. The summed E-state index contributed by atoms with van der Waals surface area (Å²) in [5.74, 6) is -0.306. The second kappa shape index (κ2) is 4.85. The number of carbonyl (C=O) groups is 1. The highest BCUT2D eigenvalue weighted by Gasteiger charge is 2.09. The first-order valence-corrected chi connectivity index (χ1v) is 7.20. The van der Waals surface area contributed by atoms with Gasteiger partial charge in [0.2, 0.25) is 0 Å². The van der Waals surface area contributed by atoms with Gasteiger partial charge in [-0.1, -0.05) is 54.6 Å². The number of benzene rings is 4. The third-order valence-corrected chi connectivity index (χ3v) is 4.15. The molecule has 0 saturated heterocycles. The van der Waals surface area contributed by atoms with E-state index >= 15 is 0 Å². The lowest BCUT2D eigenvalue weighted by atomic mass is 9.95. The Hall–Kier alpha value is -2.87. The summed E-state index contributed by atoms with van der Waals surface area (Å²) in [4.78, 5) is 11.7. The molecule has 0 fully saturated rings. The van der Waals surface area contributed by atoms with Crippen LogP contribution in [-0.4, -0.2) is 13.1 Å². The Morgan fingerprint density at radius 2 is 1.45 bits per heavy atom. The molecule has 0 radical (unpaired) electrons. The molecule has 2 heteroatoms. The van der Waals surface area contributed by atoms with Crippen LogP contribution in [0.3, 0.4) is 0 Å². The molecule has 4 aromatic carbocycles. The Bertz CT molecular complexity index is 1030. The molecule has 2 nitrogen and oxygen atoms in total. The normalized spacial score (nSPS) is 11.1. The monoisotopic (exact) mass is 286 g/mol. The molecule has 0 atom stereocenters. The van der Waals surface area contributed by atoms with Crippen LogP contribution in [0.5, 0.6) is 0 Å². The van der Waals surface area contributed by atoms with Gasteiger partial charge in [0.1, 0.15) is 0 Å². The second-order valence-electron chi connectivity index (χ2n) is 5.38. The van der Waals surface area contributed by atoms with E-state index in [1.807, 2.05) is 18.2 Å². The van der Waals surface area contributed by atoms with Crippen molar-refractivity contribution < 1.29 is 9.53 Å². The maximum absolute atomic E-state index is 11.7. The van der Waals surface area contributed by atoms with Crippen LogP contribution >= 0.6 is 0 Å². The summed E-state index contributed by atoms with van der Waals surface area (Å²) in [7, 11) is 1.40. The van der Waals surface area contributed by atoms with Crippen molar-refractivity contribution in [2.75, 3.05) is 7.11 Å². The van der Waals surface area contributed by atoms with E-state index in [4.69, 9.17) is 4.74 Å². The topological polar surface area (TPSA) is 26.3 Å². The number of hydrogen-bond donors (Lipinski definition) is 0. The lowest BCUT2D eigenvalue weighted by Gasteiger charge is -2.09. The van der Waals surface area contributed by atoms with Gasteiger partial charge in [-0.2, -0.15) is 0 Å². The Morgan fingerprint density at radius 1 is 0.773 bits per heavy atom. The van der Waals surface area contributed by atoms with E-state index in [1.54, 1.807) is 0 Å². The quantitative estimate of drug-likeness (QED) is 0.366. The smallest absolute Gasteiger partial charge is 0.337 e. The molecular formula is C20H14O2. The van der Waals surface area contributed by atoms with Crippen LogP contribution in [-0.2, 0) is 4.74 Å². The Morgan fingerprint density at radius 3 is 2.27 bits per heavy atom. The minimum atomic E-state index is -0.306. The van der Waals surface area contributed by atoms with Crippen molar-refractivity contribution in [3.63, 3.8) is 0 Å². The molecule has 4 aromatic rings. The Balaban J connectivity index is 2.13. The SMILES string of the molecule is COC(=O)c1ccc2c(ccc3ccc4ccccc4c32)c1. The van der Waals surface area contributed by atoms with E-state index in [0.717, 1.165) is 10.8 Å². The lowest BCUT2D eigenvalue weighted by Crippen LogP contribution is -2.00. The molecule has 22 heavy (non-hydrogen) atoms. The van der Waals surface area contributed by atoms with Crippen molar-refractivity contribution in [3.05, 3.63) is 72.3 Å². The second-order valence-corrected chi connectivity index (χ2v) is 5.38. The van der Waals surface area contributed by atoms with Crippen LogP contribution in [0.4, 0.5) is 0 Å². The molecule has 106 valence electrons. The van der Waals surface area contributed by atoms with Crippen molar-refractivity contribution in [3.8, 4) is 0 Å². The van der Waals surface area contributed by atoms with Gasteiger partial charge in [0.05, 0.1) is 12.7 Å². The molecule has 4 rings (SSSR count). The molecule has 0 spiro atoms. The first-order valence-electron chi connectivity index (χ1n) is 7.20. The summed E-state index contributed by atoms with van der Waals surface area (Å²) in [6.45, 7) is 0. The van der Waals surface area contributed by atoms with Crippen LogP contribution in [0.15, 0.2) is 66.7 Å². The molecule has 0 aromatic heterocycles. The van der Waals surface area contributed by atoms with Gasteiger partial charge in [-0.15, -0.1) is 0 Å². The molecule has 0 aliphatic rings. The van der Waals surface area contributed by atoms with Crippen molar-refractivity contribution in [2.45, 2.75) is 0 Å². The van der Waals surface area contributed by atoms with Crippen LogP contribution < -0.4 is 0 Å². The summed E-state index contributed by atoms with van der Waals surface area (Å²) in [6, 6.07) is 22.6. The van der Waals surface area contributed by atoms with E-state index in [0.29, 0.717) is 5.56 Å². The highest BCUT2D eigenvalue weighted by atomic mass is 16.5. The van der Waals surface area contributed by atoms with Crippen LogP contribution in [0.2, 0.25) is 0 Å². The molecule has 0 bridgehead atoms. The van der Waals surface area contributed by atoms with Gasteiger partial charge in [0.15, 0.2) is 0 Å². The lowest BCUT2D eigenvalue weighted by molar-refractivity contribution is 0.0601. The number of esters is 1. The van der Waals surface area contributed by atoms with Crippen molar-refractivity contribution in [1.82, 2.24) is 0 Å². The zero-order valence-corrected chi connectivity index (χ0v) is 12.2. The molecule has 0 heterocycles. The predicted molar refractivity (Wildman–Crippen MR) is 90.3 cm³/mol. The number of hydrogen-bond acceptors (Lipinski definition) is 2. The summed E-state index contributed by atoms with van der Waals surface area (Å²) < 4.78 is 4.80. The van der Waals surface area contributed by atoms with Gasteiger partial charge >= 0.3 is 5.97 Å². The summed E-state index contributed by atoms with van der Waals surface area (Å²) in [5, 5.41) is 7.09. The molecule has 0 saturated carbocycles. The number of fused-ring (bicyclic) bond motifs is 5. The van der Waals surface area contributed by atoms with E-state index in [-0.39, 0.29) is 5.97 Å². The molecule has 0 N–H and O–H groups in total. The maximum atomic E-state index is 11.7. The van der Waals surface area contributed by atoms with Gasteiger partial charge in [-0.25, -0.2) is 4.79 Å². The van der Waals surface area contributed by atoms with Crippen molar-refractivity contribution >= 4 is 38.3 Å². The van der Waals surface area contributed by atoms with Crippen LogP contribution in [0.1, 0.15) is 10.4 Å².